The zero-order valence-corrected chi connectivity index (χ0v) is 21.8. The van der Waals surface area contributed by atoms with Crippen LogP contribution in [-0.2, 0) is 16.6 Å². The summed E-state index contributed by atoms with van der Waals surface area (Å²) in [6.07, 6.45) is 3.02. The van der Waals surface area contributed by atoms with Crippen molar-refractivity contribution in [2.45, 2.75) is 18.5 Å². The van der Waals surface area contributed by atoms with Crippen LogP contribution in [0.1, 0.15) is 11.3 Å². The number of rotatable bonds is 9. The second-order valence-corrected chi connectivity index (χ2v) is 9.14. The molecular weight excluding hydrogens is 520 g/mol. The molecule has 0 spiro atoms. The Balaban J connectivity index is 0.00000380. The van der Waals surface area contributed by atoms with Crippen LogP contribution in [0.2, 0.25) is 0 Å². The van der Waals surface area contributed by atoms with Crippen molar-refractivity contribution in [3.05, 3.63) is 72.2 Å². The van der Waals surface area contributed by atoms with Crippen LogP contribution < -0.4 is 24.7 Å². The molecule has 0 aliphatic rings. The maximum atomic E-state index is 13.2. The average molecular weight is 545 g/mol. The van der Waals surface area contributed by atoms with E-state index in [1.165, 1.54) is 26.5 Å². The summed E-state index contributed by atoms with van der Waals surface area (Å²) in [6, 6.07) is 13.3. The fraction of sp³-hybridized carbons (Fsp3) is 0.167. The number of nitrogens with zero attached hydrogens (tertiary/aromatic N) is 4. The maximum absolute atomic E-state index is 13.2. The predicted molar refractivity (Wildman–Crippen MR) is 140 cm³/mol. The number of aromatic nitrogens is 4. The Labute approximate surface area is 220 Å². The van der Waals surface area contributed by atoms with Gasteiger partial charge < -0.3 is 19.9 Å². The summed E-state index contributed by atoms with van der Waals surface area (Å²) >= 11 is 0. The molecule has 0 atom stereocenters. The number of ether oxygens (including phenoxy) is 3. The first kappa shape index (κ1) is 27.6. The average Bonchev–Trinajstić information content (AvgIpc) is 2.89. The molecule has 3 aromatic heterocycles. The molecule has 13 heteroatoms. The molecule has 0 saturated carbocycles. The van der Waals surface area contributed by atoms with Gasteiger partial charge in [-0.15, -0.1) is 12.4 Å². The number of sulfonamides is 1. The topological polar surface area (TPSA) is 151 Å². The number of pyridine rings is 2. The Morgan fingerprint density at radius 3 is 2.38 bits per heavy atom. The predicted octanol–water partition coefficient (Wildman–Crippen LogP) is 3.73. The second-order valence-electron chi connectivity index (χ2n) is 7.51. The van der Waals surface area contributed by atoms with Gasteiger partial charge in [0, 0.05) is 24.5 Å². The molecule has 0 fully saturated rings. The van der Waals surface area contributed by atoms with Crippen LogP contribution in [0.3, 0.4) is 0 Å². The minimum Gasteiger partial charge on any atom is -0.493 e. The number of aryl methyl sites for hydroxylation is 1. The molecule has 3 heterocycles. The Morgan fingerprint density at radius 2 is 1.73 bits per heavy atom. The lowest BCUT2D eigenvalue weighted by atomic mass is 10.2. The molecule has 37 heavy (non-hydrogen) atoms. The second kappa shape index (κ2) is 11.8. The highest BCUT2D eigenvalue weighted by Gasteiger charge is 2.25. The first-order valence-corrected chi connectivity index (χ1v) is 12.2. The molecule has 4 rings (SSSR count). The lowest BCUT2D eigenvalue weighted by Gasteiger charge is -2.17. The molecule has 0 aliphatic carbocycles. The van der Waals surface area contributed by atoms with Gasteiger partial charge in [-0.25, -0.2) is 9.97 Å². The molecule has 1 aromatic carbocycles. The molecule has 11 nitrogen and oxygen atoms in total. The number of benzene rings is 1. The van der Waals surface area contributed by atoms with Gasteiger partial charge in [0.15, 0.2) is 28.2 Å². The number of anilines is 1. The molecule has 3 N–H and O–H groups in total. The maximum Gasteiger partial charge on any atom is 0.280 e. The van der Waals surface area contributed by atoms with Crippen LogP contribution >= 0.6 is 12.4 Å². The van der Waals surface area contributed by atoms with Crippen molar-refractivity contribution in [3.63, 3.8) is 0 Å². The van der Waals surface area contributed by atoms with Gasteiger partial charge in [0.25, 0.3) is 15.9 Å². The van der Waals surface area contributed by atoms with Gasteiger partial charge in [0.1, 0.15) is 0 Å². The first-order chi connectivity index (χ1) is 17.3. The molecule has 194 valence electrons. The lowest BCUT2D eigenvalue weighted by Crippen LogP contribution is -2.17. The van der Waals surface area contributed by atoms with E-state index < -0.39 is 10.0 Å². The highest BCUT2D eigenvalue weighted by Crippen LogP contribution is 2.41. The molecule has 0 bridgehead atoms. The number of methoxy groups -OCH3 is 2. The van der Waals surface area contributed by atoms with E-state index in [2.05, 4.69) is 24.7 Å². The van der Waals surface area contributed by atoms with Crippen molar-refractivity contribution in [2.75, 3.05) is 18.9 Å². The standard InChI is InChI=1S/C24H24N6O5S.ClH/c1-15-8-9-20(27-14-15)36(31,32)30-23-21(35-19-7-5-4-6-18(19)33-2)24(34-3)29-22(28-23)16-10-11-26-17(12-16)13-25;/h4-12,14H,13,25H2,1-3H3,(H,28,29,30);1H. The summed E-state index contributed by atoms with van der Waals surface area (Å²) in [5.41, 5.74) is 7.70. The zero-order valence-electron chi connectivity index (χ0n) is 20.2. The van der Waals surface area contributed by atoms with Gasteiger partial charge in [0.2, 0.25) is 5.75 Å². The SMILES string of the molecule is COc1ccccc1Oc1c(NS(=O)(=O)c2ccc(C)cn2)nc(-c2ccnc(CN)c2)nc1OC.Cl. The largest absolute Gasteiger partial charge is 0.493 e. The summed E-state index contributed by atoms with van der Waals surface area (Å²) in [7, 11) is -1.27. The van der Waals surface area contributed by atoms with E-state index in [4.69, 9.17) is 19.9 Å². The van der Waals surface area contributed by atoms with Gasteiger partial charge in [-0.05, 0) is 42.8 Å². The van der Waals surface area contributed by atoms with Crippen LogP contribution in [0.4, 0.5) is 5.82 Å². The van der Waals surface area contributed by atoms with Crippen LogP contribution in [0.5, 0.6) is 23.1 Å². The van der Waals surface area contributed by atoms with E-state index in [0.29, 0.717) is 22.8 Å². The monoisotopic (exact) mass is 544 g/mol. The summed E-state index contributed by atoms with van der Waals surface area (Å²) in [5, 5.41) is -0.190. The summed E-state index contributed by atoms with van der Waals surface area (Å²) < 4.78 is 45.8. The number of nitrogens with one attached hydrogen (secondary N) is 1. The van der Waals surface area contributed by atoms with Crippen LogP contribution in [0, 0.1) is 6.92 Å². The third kappa shape index (κ3) is 6.23. The lowest BCUT2D eigenvalue weighted by molar-refractivity contribution is 0.348. The van der Waals surface area contributed by atoms with E-state index in [9.17, 15) is 8.42 Å². The van der Waals surface area contributed by atoms with E-state index in [0.717, 1.165) is 5.56 Å². The van der Waals surface area contributed by atoms with Crippen molar-refractivity contribution in [3.8, 4) is 34.5 Å². The van der Waals surface area contributed by atoms with E-state index >= 15 is 0 Å². The summed E-state index contributed by atoms with van der Waals surface area (Å²) in [5.74, 6) is 0.667. The fourth-order valence-corrected chi connectivity index (χ4v) is 4.13. The van der Waals surface area contributed by atoms with Crippen molar-refractivity contribution in [1.82, 2.24) is 19.9 Å². The molecule has 0 unspecified atom stereocenters. The summed E-state index contributed by atoms with van der Waals surface area (Å²) in [6.45, 7) is 2.01. The Kier molecular flexibility index (Phi) is 8.81. The Bertz CT molecular complexity index is 1490. The van der Waals surface area contributed by atoms with Crippen molar-refractivity contribution < 1.29 is 22.6 Å². The zero-order chi connectivity index (χ0) is 25.7. The van der Waals surface area contributed by atoms with Gasteiger partial charge in [-0.2, -0.15) is 13.4 Å². The van der Waals surface area contributed by atoms with E-state index in [-0.39, 0.29) is 47.2 Å². The van der Waals surface area contributed by atoms with Crippen molar-refractivity contribution in [2.24, 2.45) is 5.73 Å². The highest BCUT2D eigenvalue weighted by molar-refractivity contribution is 7.92. The minimum atomic E-state index is -4.15. The molecular formula is C24H25ClN6O5S. The van der Waals surface area contributed by atoms with Crippen LogP contribution in [0.15, 0.2) is 66.0 Å². The molecule has 0 saturated heterocycles. The van der Waals surface area contributed by atoms with Crippen LogP contribution in [-0.4, -0.2) is 42.6 Å². The third-order valence-electron chi connectivity index (χ3n) is 4.98. The quantitative estimate of drug-likeness (QED) is 0.319. The van der Waals surface area contributed by atoms with Gasteiger partial charge in [-0.3, -0.25) is 9.71 Å². The Morgan fingerprint density at radius 1 is 0.973 bits per heavy atom. The number of hydrogen-bond acceptors (Lipinski definition) is 10. The molecule has 4 aromatic rings. The summed E-state index contributed by atoms with van der Waals surface area (Å²) in [4.78, 5) is 17.1. The number of halogens is 1. The molecule has 0 aliphatic heterocycles. The normalized spacial score (nSPS) is 10.8. The van der Waals surface area contributed by atoms with Gasteiger partial charge >= 0.3 is 0 Å². The number of hydrogen-bond donors (Lipinski definition) is 2. The third-order valence-corrected chi connectivity index (χ3v) is 6.24. The van der Waals surface area contributed by atoms with E-state index in [1.54, 1.807) is 48.7 Å². The molecule has 0 radical (unpaired) electrons. The fourth-order valence-electron chi connectivity index (χ4n) is 3.19. The Hall–Kier alpha value is -4.00. The minimum absolute atomic E-state index is 0. The number of para-hydroxylation sites is 2. The smallest absolute Gasteiger partial charge is 0.280 e. The van der Waals surface area contributed by atoms with Crippen LogP contribution in [0.25, 0.3) is 11.4 Å². The first-order valence-electron chi connectivity index (χ1n) is 10.7. The van der Waals surface area contributed by atoms with Gasteiger partial charge in [0.05, 0.1) is 19.9 Å². The van der Waals surface area contributed by atoms with Crippen molar-refractivity contribution >= 4 is 28.2 Å². The van der Waals surface area contributed by atoms with Crippen molar-refractivity contribution in [1.29, 1.82) is 0 Å². The molecule has 0 amide bonds. The van der Waals surface area contributed by atoms with E-state index in [1.807, 2.05) is 6.92 Å². The highest BCUT2D eigenvalue weighted by atomic mass is 35.5. The van der Waals surface area contributed by atoms with Gasteiger partial charge in [-0.1, -0.05) is 18.2 Å². The number of nitrogens with two attached hydrogens (primary N) is 1.